The molecule has 2 heteroatoms. The zero-order valence-electron chi connectivity index (χ0n) is 9.84. The van der Waals surface area contributed by atoms with Crippen molar-refractivity contribution in [2.45, 2.75) is 57.8 Å². The monoisotopic (exact) mass is 220 g/mol. The number of carbonyl (C=O) groups is 2. The van der Waals surface area contributed by atoms with Crippen LogP contribution in [0.3, 0.4) is 0 Å². The van der Waals surface area contributed by atoms with Crippen LogP contribution in [-0.4, -0.2) is 11.6 Å². The molecule has 2 atom stereocenters. The Morgan fingerprint density at radius 1 is 0.812 bits per heavy atom. The molecule has 0 aliphatic heterocycles. The van der Waals surface area contributed by atoms with Gasteiger partial charge in [-0.15, -0.1) is 0 Å². The molecule has 0 heterocycles. The number of hydrogen-bond donors (Lipinski definition) is 0. The minimum atomic E-state index is 0.114. The van der Waals surface area contributed by atoms with E-state index in [0.29, 0.717) is 36.2 Å². The van der Waals surface area contributed by atoms with Crippen LogP contribution in [0.15, 0.2) is 0 Å². The molecule has 3 saturated carbocycles. The number of hydrogen-bond acceptors (Lipinski definition) is 2. The lowest BCUT2D eigenvalue weighted by atomic mass is 9.50. The first-order valence-corrected chi connectivity index (χ1v) is 6.74. The van der Waals surface area contributed by atoms with Crippen LogP contribution in [0.1, 0.15) is 57.8 Å². The quantitative estimate of drug-likeness (QED) is 0.629. The van der Waals surface area contributed by atoms with Crippen molar-refractivity contribution in [3.63, 3.8) is 0 Å². The number of ketones is 2. The summed E-state index contributed by atoms with van der Waals surface area (Å²) in [6.45, 7) is 0. The van der Waals surface area contributed by atoms with Gasteiger partial charge in [-0.2, -0.15) is 0 Å². The lowest BCUT2D eigenvalue weighted by Gasteiger charge is -2.54. The van der Waals surface area contributed by atoms with Crippen molar-refractivity contribution in [3.05, 3.63) is 0 Å². The zero-order valence-corrected chi connectivity index (χ0v) is 9.84. The van der Waals surface area contributed by atoms with E-state index in [2.05, 4.69) is 0 Å². The maximum Gasteiger partial charge on any atom is 0.133 e. The third kappa shape index (κ3) is 1.46. The average molecular weight is 220 g/mol. The first kappa shape index (κ1) is 10.5. The summed E-state index contributed by atoms with van der Waals surface area (Å²) in [5.41, 5.74) is 0.114. The van der Waals surface area contributed by atoms with Crippen LogP contribution in [0.25, 0.3) is 0 Å². The second kappa shape index (κ2) is 3.68. The van der Waals surface area contributed by atoms with Gasteiger partial charge in [0.25, 0.3) is 0 Å². The molecular weight excluding hydrogens is 200 g/mol. The van der Waals surface area contributed by atoms with Crippen LogP contribution in [0.2, 0.25) is 0 Å². The molecule has 0 aromatic heterocycles. The largest absolute Gasteiger partial charge is 0.300 e. The van der Waals surface area contributed by atoms with E-state index in [1.807, 2.05) is 0 Å². The van der Waals surface area contributed by atoms with E-state index in [4.69, 9.17) is 0 Å². The average Bonchev–Trinajstić information content (AvgIpc) is 2.25. The summed E-state index contributed by atoms with van der Waals surface area (Å²) in [6.07, 6.45) is 8.93. The van der Waals surface area contributed by atoms with Gasteiger partial charge in [0, 0.05) is 25.7 Å². The van der Waals surface area contributed by atoms with Gasteiger partial charge in [-0.05, 0) is 42.9 Å². The molecule has 16 heavy (non-hydrogen) atoms. The second-order valence-corrected chi connectivity index (χ2v) is 6.07. The van der Waals surface area contributed by atoms with Gasteiger partial charge in [-0.1, -0.05) is 6.42 Å². The third-order valence-corrected chi connectivity index (χ3v) is 5.33. The van der Waals surface area contributed by atoms with Crippen LogP contribution < -0.4 is 0 Å². The normalized spacial score (nSPS) is 43.8. The van der Waals surface area contributed by atoms with E-state index in [1.165, 1.54) is 19.3 Å². The van der Waals surface area contributed by atoms with Crippen molar-refractivity contribution in [1.82, 2.24) is 0 Å². The summed E-state index contributed by atoms with van der Waals surface area (Å²) < 4.78 is 0. The molecule has 0 amide bonds. The van der Waals surface area contributed by atoms with Crippen LogP contribution >= 0.6 is 0 Å². The molecule has 2 nitrogen and oxygen atoms in total. The predicted octanol–water partition coefficient (Wildman–Crippen LogP) is 2.90. The Labute approximate surface area is 96.8 Å². The molecule has 0 aromatic rings. The van der Waals surface area contributed by atoms with Crippen molar-refractivity contribution in [1.29, 1.82) is 0 Å². The third-order valence-electron chi connectivity index (χ3n) is 5.33. The van der Waals surface area contributed by atoms with Crippen LogP contribution in [0.5, 0.6) is 0 Å². The molecule has 0 bridgehead atoms. The Morgan fingerprint density at radius 2 is 1.31 bits per heavy atom. The van der Waals surface area contributed by atoms with E-state index >= 15 is 0 Å². The van der Waals surface area contributed by atoms with Gasteiger partial charge in [-0.3, -0.25) is 9.59 Å². The zero-order chi connectivity index (χ0) is 11.2. The maximum absolute atomic E-state index is 11.8. The molecule has 3 rings (SSSR count). The summed E-state index contributed by atoms with van der Waals surface area (Å²) in [5.74, 6) is 2.18. The van der Waals surface area contributed by atoms with Gasteiger partial charge in [0.2, 0.25) is 0 Å². The standard InChI is InChI=1S/C14H20O2/c15-12-6-4-10-2-1-3-11-5-7-13(16)9-14(10,11)8-12/h10-11H,1-9H2. The smallest absolute Gasteiger partial charge is 0.133 e. The van der Waals surface area contributed by atoms with Crippen molar-refractivity contribution in [2.75, 3.05) is 0 Å². The van der Waals surface area contributed by atoms with E-state index in [9.17, 15) is 9.59 Å². The Bertz CT molecular complexity index is 300. The Morgan fingerprint density at radius 3 is 1.81 bits per heavy atom. The van der Waals surface area contributed by atoms with E-state index in [1.54, 1.807) is 0 Å². The van der Waals surface area contributed by atoms with Gasteiger partial charge in [0.15, 0.2) is 0 Å². The van der Waals surface area contributed by atoms with Crippen LogP contribution in [0.4, 0.5) is 0 Å². The summed E-state index contributed by atoms with van der Waals surface area (Å²) in [4.78, 5) is 23.5. The SMILES string of the molecule is O=C1CCC2CCCC3CCC(=O)CC23C1. The predicted molar refractivity (Wildman–Crippen MR) is 61.0 cm³/mol. The molecule has 0 N–H and O–H groups in total. The Kier molecular flexibility index (Phi) is 2.41. The van der Waals surface area contributed by atoms with Crippen molar-refractivity contribution in [2.24, 2.45) is 17.3 Å². The number of rotatable bonds is 0. The van der Waals surface area contributed by atoms with Gasteiger partial charge in [0.05, 0.1) is 0 Å². The fourth-order valence-electron chi connectivity index (χ4n) is 4.60. The molecule has 1 spiro atoms. The fraction of sp³-hybridized carbons (Fsp3) is 0.857. The highest BCUT2D eigenvalue weighted by Crippen LogP contribution is 2.58. The molecule has 2 unspecified atom stereocenters. The summed E-state index contributed by atoms with van der Waals surface area (Å²) in [5, 5.41) is 0. The lowest BCUT2D eigenvalue weighted by Crippen LogP contribution is -2.49. The van der Waals surface area contributed by atoms with Gasteiger partial charge < -0.3 is 0 Å². The molecule has 0 saturated heterocycles. The molecule has 3 aliphatic carbocycles. The minimum Gasteiger partial charge on any atom is -0.300 e. The fourth-order valence-corrected chi connectivity index (χ4v) is 4.60. The molecule has 0 radical (unpaired) electrons. The lowest BCUT2D eigenvalue weighted by molar-refractivity contribution is -0.141. The van der Waals surface area contributed by atoms with Gasteiger partial charge in [0.1, 0.15) is 11.6 Å². The molecule has 3 fully saturated rings. The maximum atomic E-state index is 11.8. The number of carbonyl (C=O) groups excluding carboxylic acids is 2. The summed E-state index contributed by atoms with van der Waals surface area (Å²) in [6, 6.07) is 0. The number of Topliss-reactive ketones (excluding diaryl/α,β-unsaturated/α-hetero) is 2. The van der Waals surface area contributed by atoms with Crippen molar-refractivity contribution < 1.29 is 9.59 Å². The summed E-state index contributed by atoms with van der Waals surface area (Å²) in [7, 11) is 0. The minimum absolute atomic E-state index is 0.114. The van der Waals surface area contributed by atoms with Gasteiger partial charge >= 0.3 is 0 Å². The first-order chi connectivity index (χ1) is 7.71. The van der Waals surface area contributed by atoms with E-state index in [0.717, 1.165) is 25.7 Å². The van der Waals surface area contributed by atoms with Crippen LogP contribution in [0, 0.1) is 17.3 Å². The first-order valence-electron chi connectivity index (χ1n) is 6.74. The Hall–Kier alpha value is -0.660. The topological polar surface area (TPSA) is 34.1 Å². The van der Waals surface area contributed by atoms with Crippen molar-refractivity contribution in [3.8, 4) is 0 Å². The highest BCUT2D eigenvalue weighted by atomic mass is 16.1. The molecule has 3 aliphatic rings. The second-order valence-electron chi connectivity index (χ2n) is 6.07. The highest BCUT2D eigenvalue weighted by Gasteiger charge is 2.52. The summed E-state index contributed by atoms with van der Waals surface area (Å²) >= 11 is 0. The van der Waals surface area contributed by atoms with Gasteiger partial charge in [-0.25, -0.2) is 0 Å². The molecule has 0 aromatic carbocycles. The van der Waals surface area contributed by atoms with Crippen LogP contribution in [-0.2, 0) is 9.59 Å². The Balaban J connectivity index is 1.94. The highest BCUT2D eigenvalue weighted by molar-refractivity contribution is 5.84. The molecule has 88 valence electrons. The van der Waals surface area contributed by atoms with Crippen molar-refractivity contribution >= 4 is 11.6 Å². The van der Waals surface area contributed by atoms with E-state index in [-0.39, 0.29) is 5.41 Å². The van der Waals surface area contributed by atoms with E-state index < -0.39 is 0 Å². The molecular formula is C14H20O2.